The Bertz CT molecular complexity index is 1300. The number of rotatable bonds is 5. The van der Waals surface area contributed by atoms with Crippen LogP contribution in [-0.2, 0) is 11.3 Å². The second-order valence-electron chi connectivity index (χ2n) is 7.53. The number of fused-ring (bicyclic) bond motifs is 1. The van der Waals surface area contributed by atoms with Crippen LogP contribution in [0.1, 0.15) is 27.0 Å². The lowest BCUT2D eigenvalue weighted by molar-refractivity contribution is 0.0599. The monoisotopic (exact) mass is 413 g/mol. The molecule has 0 saturated carbocycles. The van der Waals surface area contributed by atoms with Gasteiger partial charge in [0.1, 0.15) is 17.9 Å². The van der Waals surface area contributed by atoms with Gasteiger partial charge in [0.15, 0.2) is 0 Å². The van der Waals surface area contributed by atoms with Crippen LogP contribution in [-0.4, -0.2) is 17.6 Å². The molecule has 0 amide bonds. The van der Waals surface area contributed by atoms with E-state index >= 15 is 0 Å². The molecule has 0 aliphatic heterocycles. The lowest BCUT2D eigenvalue weighted by atomic mass is 10.1. The Morgan fingerprint density at radius 2 is 1.65 bits per heavy atom. The van der Waals surface area contributed by atoms with Crippen molar-refractivity contribution >= 4 is 16.9 Å². The van der Waals surface area contributed by atoms with Crippen LogP contribution in [0.5, 0.6) is 5.75 Å². The largest absolute Gasteiger partial charge is 0.489 e. The maximum atomic E-state index is 13.0. The van der Waals surface area contributed by atoms with E-state index in [1.54, 1.807) is 18.3 Å². The van der Waals surface area contributed by atoms with Gasteiger partial charge in [-0.1, -0.05) is 36.4 Å². The predicted octanol–water partition coefficient (Wildman–Crippen LogP) is 4.97. The van der Waals surface area contributed by atoms with Crippen molar-refractivity contribution in [1.82, 2.24) is 4.57 Å². The predicted molar refractivity (Wildman–Crippen MR) is 121 cm³/mol. The zero-order chi connectivity index (χ0) is 22.0. The number of pyridine rings is 1. The van der Waals surface area contributed by atoms with Gasteiger partial charge in [0.25, 0.3) is 0 Å². The van der Waals surface area contributed by atoms with Crippen LogP contribution in [0.3, 0.4) is 0 Å². The van der Waals surface area contributed by atoms with Gasteiger partial charge in [0.2, 0.25) is 5.43 Å². The highest BCUT2D eigenvalue weighted by Gasteiger charge is 2.17. The van der Waals surface area contributed by atoms with E-state index < -0.39 is 5.97 Å². The van der Waals surface area contributed by atoms with Crippen LogP contribution >= 0.6 is 0 Å². The highest BCUT2D eigenvalue weighted by atomic mass is 16.5. The van der Waals surface area contributed by atoms with Crippen LogP contribution in [0.15, 0.2) is 77.7 Å². The van der Waals surface area contributed by atoms with Gasteiger partial charge in [-0.2, -0.15) is 0 Å². The number of carbonyl (C=O) groups excluding carboxylic acids is 1. The molecule has 1 aromatic heterocycles. The Labute approximate surface area is 180 Å². The Balaban J connectivity index is 1.88. The van der Waals surface area contributed by atoms with Gasteiger partial charge in [-0.05, 0) is 54.8 Å². The van der Waals surface area contributed by atoms with E-state index in [4.69, 9.17) is 9.47 Å². The van der Waals surface area contributed by atoms with Crippen molar-refractivity contribution in [3.05, 3.63) is 105 Å². The molecular formula is C26H23NO4. The van der Waals surface area contributed by atoms with Crippen molar-refractivity contribution in [2.24, 2.45) is 0 Å². The molecule has 0 fully saturated rings. The molecular weight excluding hydrogens is 390 g/mol. The zero-order valence-electron chi connectivity index (χ0n) is 17.7. The van der Waals surface area contributed by atoms with Gasteiger partial charge in [0, 0.05) is 23.3 Å². The smallest absolute Gasteiger partial charge is 0.343 e. The first-order valence-electron chi connectivity index (χ1n) is 9.99. The van der Waals surface area contributed by atoms with E-state index in [1.807, 2.05) is 66.9 Å². The van der Waals surface area contributed by atoms with Crippen molar-refractivity contribution in [2.45, 2.75) is 20.5 Å². The minimum atomic E-state index is -0.658. The minimum Gasteiger partial charge on any atom is -0.489 e. The first-order valence-corrected chi connectivity index (χ1v) is 9.99. The number of aromatic nitrogens is 1. The van der Waals surface area contributed by atoms with Crippen LogP contribution in [0.25, 0.3) is 16.6 Å². The fourth-order valence-electron chi connectivity index (χ4n) is 3.69. The van der Waals surface area contributed by atoms with Crippen LogP contribution < -0.4 is 10.2 Å². The highest BCUT2D eigenvalue weighted by Crippen LogP contribution is 2.25. The lowest BCUT2D eigenvalue weighted by Crippen LogP contribution is -2.19. The van der Waals surface area contributed by atoms with Crippen molar-refractivity contribution in [3.63, 3.8) is 0 Å². The summed E-state index contributed by atoms with van der Waals surface area (Å²) in [4.78, 5) is 25.2. The maximum Gasteiger partial charge on any atom is 0.343 e. The highest BCUT2D eigenvalue weighted by molar-refractivity contribution is 5.94. The topological polar surface area (TPSA) is 57.5 Å². The third kappa shape index (κ3) is 4.21. The molecule has 0 atom stereocenters. The van der Waals surface area contributed by atoms with Gasteiger partial charge < -0.3 is 14.0 Å². The van der Waals surface area contributed by atoms with Crippen LogP contribution in [0, 0.1) is 13.8 Å². The third-order valence-corrected chi connectivity index (χ3v) is 5.11. The number of benzene rings is 3. The molecule has 156 valence electrons. The van der Waals surface area contributed by atoms with Gasteiger partial charge in [-0.3, -0.25) is 4.79 Å². The number of hydrogen-bond donors (Lipinski definition) is 0. The Morgan fingerprint density at radius 1 is 0.935 bits per heavy atom. The van der Waals surface area contributed by atoms with E-state index in [-0.39, 0.29) is 11.0 Å². The summed E-state index contributed by atoms with van der Waals surface area (Å²) in [6.45, 7) is 4.44. The van der Waals surface area contributed by atoms with Gasteiger partial charge in [0.05, 0.1) is 12.6 Å². The number of esters is 1. The molecule has 4 rings (SSSR count). The Kier molecular flexibility index (Phi) is 5.58. The van der Waals surface area contributed by atoms with Gasteiger partial charge >= 0.3 is 5.97 Å². The van der Waals surface area contributed by atoms with Crippen molar-refractivity contribution in [1.29, 1.82) is 0 Å². The summed E-state index contributed by atoms with van der Waals surface area (Å²) in [5, 5.41) is 0.425. The average molecular weight is 413 g/mol. The first-order chi connectivity index (χ1) is 15.0. The molecule has 0 saturated heterocycles. The Hall–Kier alpha value is -3.86. The molecule has 31 heavy (non-hydrogen) atoms. The standard InChI is InChI=1S/C26H23NO4/c1-17-11-18(2)13-20(12-17)27-15-23(26(29)30-3)25(28)22-10-9-21(14-24(22)27)31-16-19-7-5-4-6-8-19/h4-15H,16H2,1-3H3. The van der Waals surface area contributed by atoms with E-state index in [2.05, 4.69) is 6.07 Å². The number of ether oxygens (including phenoxy) is 2. The number of carbonyl (C=O) groups is 1. The van der Waals surface area contributed by atoms with E-state index in [0.29, 0.717) is 23.3 Å². The fraction of sp³-hybridized carbons (Fsp3) is 0.154. The number of aryl methyl sites for hydroxylation is 2. The molecule has 0 radical (unpaired) electrons. The van der Waals surface area contributed by atoms with Crippen molar-refractivity contribution < 1.29 is 14.3 Å². The second kappa shape index (κ2) is 8.48. The summed E-state index contributed by atoms with van der Waals surface area (Å²) in [5.74, 6) is -0.0193. The molecule has 0 unspecified atom stereocenters. The first kappa shape index (κ1) is 20.4. The summed E-state index contributed by atoms with van der Waals surface area (Å²) >= 11 is 0. The molecule has 5 heteroatoms. The summed E-state index contributed by atoms with van der Waals surface area (Å²) in [5.41, 5.74) is 4.36. The fourth-order valence-corrected chi connectivity index (χ4v) is 3.69. The molecule has 0 spiro atoms. The van der Waals surface area contributed by atoms with Crippen molar-refractivity contribution in [3.8, 4) is 11.4 Å². The molecule has 3 aromatic carbocycles. The SMILES string of the molecule is COC(=O)c1cn(-c2cc(C)cc(C)c2)c2cc(OCc3ccccc3)ccc2c1=O. The van der Waals surface area contributed by atoms with Gasteiger partial charge in [-0.25, -0.2) is 4.79 Å². The molecule has 4 aromatic rings. The number of methoxy groups -OCH3 is 1. The van der Waals surface area contributed by atoms with Crippen molar-refractivity contribution in [2.75, 3.05) is 7.11 Å². The normalized spacial score (nSPS) is 10.8. The summed E-state index contributed by atoms with van der Waals surface area (Å²) in [7, 11) is 1.27. The third-order valence-electron chi connectivity index (χ3n) is 5.11. The van der Waals surface area contributed by atoms with E-state index in [1.165, 1.54) is 7.11 Å². The van der Waals surface area contributed by atoms with Crippen LogP contribution in [0.2, 0.25) is 0 Å². The van der Waals surface area contributed by atoms with Gasteiger partial charge in [-0.15, -0.1) is 0 Å². The number of nitrogens with zero attached hydrogens (tertiary/aromatic N) is 1. The molecule has 0 N–H and O–H groups in total. The minimum absolute atomic E-state index is 0.00730. The molecule has 0 aliphatic rings. The summed E-state index contributed by atoms with van der Waals surface area (Å²) in [6.07, 6.45) is 1.55. The van der Waals surface area contributed by atoms with E-state index in [0.717, 1.165) is 22.4 Å². The summed E-state index contributed by atoms with van der Waals surface area (Å²) < 4.78 is 12.7. The number of hydrogen-bond acceptors (Lipinski definition) is 4. The maximum absolute atomic E-state index is 13.0. The lowest BCUT2D eigenvalue weighted by Gasteiger charge is -2.16. The summed E-state index contributed by atoms with van der Waals surface area (Å²) in [6, 6.07) is 21.2. The quantitative estimate of drug-likeness (QED) is 0.433. The second-order valence-corrected chi connectivity index (χ2v) is 7.53. The average Bonchev–Trinajstić information content (AvgIpc) is 2.77. The Morgan fingerprint density at radius 3 is 2.32 bits per heavy atom. The van der Waals surface area contributed by atoms with E-state index in [9.17, 15) is 9.59 Å². The molecule has 0 aliphatic carbocycles. The molecule has 1 heterocycles. The molecule has 0 bridgehead atoms. The zero-order valence-corrected chi connectivity index (χ0v) is 17.7. The molecule has 5 nitrogen and oxygen atoms in total. The van der Waals surface area contributed by atoms with Crippen LogP contribution in [0.4, 0.5) is 0 Å².